The molecular formula is C10H16N2O2. The Morgan fingerprint density at radius 1 is 1.21 bits per heavy atom. The van der Waals surface area contributed by atoms with Gasteiger partial charge in [-0.1, -0.05) is 6.07 Å². The molecule has 1 aromatic rings. The van der Waals surface area contributed by atoms with Crippen molar-refractivity contribution in [3.63, 3.8) is 0 Å². The number of aromatic nitrogens is 1. The summed E-state index contributed by atoms with van der Waals surface area (Å²) >= 11 is 0. The molecular weight excluding hydrogens is 180 g/mol. The Balaban J connectivity index is 0.000000249. The van der Waals surface area contributed by atoms with E-state index in [9.17, 15) is 4.79 Å². The fourth-order valence-corrected chi connectivity index (χ4v) is 0.733. The summed E-state index contributed by atoms with van der Waals surface area (Å²) < 4.78 is 0. The maximum Gasteiger partial charge on any atom is 0.303 e. The molecule has 0 unspecified atom stereocenters. The van der Waals surface area contributed by atoms with Crippen LogP contribution in [0.1, 0.15) is 19.3 Å². The molecule has 0 aliphatic carbocycles. The summed E-state index contributed by atoms with van der Waals surface area (Å²) in [5, 5.41) is 8.10. The molecule has 4 nitrogen and oxygen atoms in total. The Bertz CT molecular complexity index is 200. The number of aliphatic carboxylic acids is 1. The van der Waals surface area contributed by atoms with Crippen LogP contribution in [0.5, 0.6) is 0 Å². The molecule has 0 aromatic carbocycles. The van der Waals surface area contributed by atoms with Crippen LogP contribution < -0.4 is 5.73 Å². The van der Waals surface area contributed by atoms with Crippen LogP contribution in [0.3, 0.4) is 0 Å². The van der Waals surface area contributed by atoms with Crippen LogP contribution in [0.25, 0.3) is 0 Å². The minimum atomic E-state index is -0.738. The van der Waals surface area contributed by atoms with Crippen molar-refractivity contribution >= 4 is 5.97 Å². The number of nitrogens with two attached hydrogens (primary N) is 1. The molecule has 1 rings (SSSR count). The maximum atomic E-state index is 9.83. The zero-order chi connectivity index (χ0) is 10.6. The molecule has 0 saturated carbocycles. The Morgan fingerprint density at radius 2 is 1.86 bits per heavy atom. The summed E-state index contributed by atoms with van der Waals surface area (Å²) in [5.74, 6) is -0.738. The molecule has 1 aromatic heterocycles. The molecule has 0 radical (unpaired) electrons. The van der Waals surface area contributed by atoms with E-state index in [4.69, 9.17) is 10.8 Å². The molecule has 0 amide bonds. The van der Waals surface area contributed by atoms with Gasteiger partial charge in [0.2, 0.25) is 0 Å². The molecule has 14 heavy (non-hydrogen) atoms. The fourth-order valence-electron chi connectivity index (χ4n) is 0.733. The number of hydrogen-bond donors (Lipinski definition) is 2. The van der Waals surface area contributed by atoms with Crippen LogP contribution >= 0.6 is 0 Å². The van der Waals surface area contributed by atoms with E-state index in [0.717, 1.165) is 6.42 Å². The smallest absolute Gasteiger partial charge is 0.303 e. The average Bonchev–Trinajstić information content (AvgIpc) is 2.21. The summed E-state index contributed by atoms with van der Waals surface area (Å²) in [6.45, 7) is 0.591. The van der Waals surface area contributed by atoms with Gasteiger partial charge < -0.3 is 10.8 Å². The van der Waals surface area contributed by atoms with Crippen LogP contribution in [0.2, 0.25) is 0 Å². The number of unbranched alkanes of at least 4 members (excludes halogenated alkanes) is 1. The summed E-state index contributed by atoms with van der Waals surface area (Å²) in [6, 6.07) is 5.72. The van der Waals surface area contributed by atoms with Crippen molar-refractivity contribution in [1.29, 1.82) is 0 Å². The van der Waals surface area contributed by atoms with Crippen LogP contribution in [-0.2, 0) is 4.79 Å². The first kappa shape index (κ1) is 12.6. The number of rotatable bonds is 4. The first-order valence-corrected chi connectivity index (χ1v) is 4.54. The maximum absolute atomic E-state index is 9.83. The van der Waals surface area contributed by atoms with Gasteiger partial charge in [0.25, 0.3) is 0 Å². The van der Waals surface area contributed by atoms with Gasteiger partial charge in [0.05, 0.1) is 0 Å². The predicted octanol–water partition coefficient (Wildman–Crippen LogP) is 1.28. The highest BCUT2D eigenvalue weighted by Crippen LogP contribution is 1.91. The molecule has 3 N–H and O–H groups in total. The van der Waals surface area contributed by atoms with Gasteiger partial charge in [-0.15, -0.1) is 0 Å². The van der Waals surface area contributed by atoms with Crippen molar-refractivity contribution < 1.29 is 9.90 Å². The first-order chi connectivity index (χ1) is 6.77. The largest absolute Gasteiger partial charge is 0.481 e. The summed E-state index contributed by atoms with van der Waals surface area (Å²) in [5.41, 5.74) is 5.12. The second-order valence-corrected chi connectivity index (χ2v) is 2.66. The lowest BCUT2D eigenvalue weighted by atomic mass is 10.2. The lowest BCUT2D eigenvalue weighted by Gasteiger charge is -1.90. The standard InChI is InChI=1S/C5H11NO2.C5H5N/c6-4-2-1-3-5(7)8;1-2-4-6-5-3-1/h1-4,6H2,(H,7,8);1-5H. The minimum Gasteiger partial charge on any atom is -0.481 e. The van der Waals surface area contributed by atoms with E-state index in [1.165, 1.54) is 0 Å². The highest BCUT2D eigenvalue weighted by atomic mass is 16.4. The van der Waals surface area contributed by atoms with Gasteiger partial charge in [0.1, 0.15) is 0 Å². The van der Waals surface area contributed by atoms with Gasteiger partial charge in [0, 0.05) is 18.8 Å². The Morgan fingerprint density at radius 3 is 2.14 bits per heavy atom. The van der Waals surface area contributed by atoms with E-state index < -0.39 is 5.97 Å². The van der Waals surface area contributed by atoms with Crippen LogP contribution in [0.4, 0.5) is 0 Å². The van der Waals surface area contributed by atoms with E-state index in [0.29, 0.717) is 13.0 Å². The molecule has 0 atom stereocenters. The molecule has 4 heteroatoms. The van der Waals surface area contributed by atoms with E-state index in [1.54, 1.807) is 12.4 Å². The van der Waals surface area contributed by atoms with Gasteiger partial charge in [-0.05, 0) is 31.5 Å². The molecule has 0 spiro atoms. The zero-order valence-corrected chi connectivity index (χ0v) is 8.10. The molecule has 0 aliphatic rings. The second kappa shape index (κ2) is 9.67. The normalized spacial score (nSPS) is 8.64. The fraction of sp³-hybridized carbons (Fsp3) is 0.400. The number of carboxylic acid groups (broad SMARTS) is 1. The number of carboxylic acids is 1. The minimum absolute atomic E-state index is 0.247. The van der Waals surface area contributed by atoms with Gasteiger partial charge in [-0.2, -0.15) is 0 Å². The van der Waals surface area contributed by atoms with Crippen molar-refractivity contribution in [2.75, 3.05) is 6.54 Å². The third-order valence-corrected chi connectivity index (χ3v) is 1.41. The Hall–Kier alpha value is -1.42. The molecule has 0 fully saturated rings. The monoisotopic (exact) mass is 196 g/mol. The molecule has 0 aliphatic heterocycles. The Kier molecular flexibility index (Phi) is 8.69. The van der Waals surface area contributed by atoms with E-state index in [2.05, 4.69) is 4.98 Å². The van der Waals surface area contributed by atoms with Crippen molar-refractivity contribution in [1.82, 2.24) is 4.98 Å². The first-order valence-electron chi connectivity index (χ1n) is 4.54. The molecule has 0 saturated heterocycles. The van der Waals surface area contributed by atoms with Crippen molar-refractivity contribution in [3.8, 4) is 0 Å². The predicted molar refractivity (Wildman–Crippen MR) is 54.8 cm³/mol. The number of nitrogens with zero attached hydrogens (tertiary/aromatic N) is 1. The third kappa shape index (κ3) is 10.6. The SMILES string of the molecule is NCCCCC(=O)O.c1ccncc1. The summed E-state index contributed by atoms with van der Waals surface area (Å²) in [6.07, 6.45) is 5.26. The third-order valence-electron chi connectivity index (χ3n) is 1.41. The van der Waals surface area contributed by atoms with Gasteiger partial charge >= 0.3 is 5.97 Å². The number of pyridine rings is 1. The van der Waals surface area contributed by atoms with Crippen LogP contribution in [-0.4, -0.2) is 22.6 Å². The van der Waals surface area contributed by atoms with Gasteiger partial charge in [0.15, 0.2) is 0 Å². The lowest BCUT2D eigenvalue weighted by Crippen LogP contribution is -2.00. The summed E-state index contributed by atoms with van der Waals surface area (Å²) in [4.78, 5) is 13.6. The van der Waals surface area contributed by atoms with Gasteiger partial charge in [-0.3, -0.25) is 9.78 Å². The quantitative estimate of drug-likeness (QED) is 0.711. The van der Waals surface area contributed by atoms with Crippen molar-refractivity contribution in [2.45, 2.75) is 19.3 Å². The van der Waals surface area contributed by atoms with E-state index in [-0.39, 0.29) is 6.42 Å². The number of carbonyl (C=O) groups is 1. The Labute approximate surface area is 83.8 Å². The van der Waals surface area contributed by atoms with Crippen LogP contribution in [0.15, 0.2) is 30.6 Å². The summed E-state index contributed by atoms with van der Waals surface area (Å²) in [7, 11) is 0. The van der Waals surface area contributed by atoms with Gasteiger partial charge in [-0.25, -0.2) is 0 Å². The highest BCUT2D eigenvalue weighted by molar-refractivity contribution is 5.66. The van der Waals surface area contributed by atoms with Crippen molar-refractivity contribution in [2.24, 2.45) is 5.73 Å². The molecule has 1 heterocycles. The molecule has 78 valence electrons. The average molecular weight is 196 g/mol. The van der Waals surface area contributed by atoms with E-state index in [1.807, 2.05) is 18.2 Å². The highest BCUT2D eigenvalue weighted by Gasteiger charge is 1.92. The van der Waals surface area contributed by atoms with E-state index >= 15 is 0 Å². The zero-order valence-electron chi connectivity index (χ0n) is 8.10. The topological polar surface area (TPSA) is 76.2 Å². The lowest BCUT2D eigenvalue weighted by molar-refractivity contribution is -0.137. The number of hydrogen-bond acceptors (Lipinski definition) is 3. The van der Waals surface area contributed by atoms with Crippen molar-refractivity contribution in [3.05, 3.63) is 30.6 Å². The molecule has 0 bridgehead atoms. The van der Waals surface area contributed by atoms with Crippen LogP contribution in [0, 0.1) is 0 Å². The second-order valence-electron chi connectivity index (χ2n) is 2.66.